The van der Waals surface area contributed by atoms with Crippen molar-refractivity contribution >= 4 is 17.5 Å². The molecule has 2 heterocycles. The van der Waals surface area contributed by atoms with E-state index in [1.807, 2.05) is 19.9 Å². The van der Waals surface area contributed by atoms with Gasteiger partial charge in [-0.05, 0) is 44.2 Å². The average Bonchev–Trinajstić information content (AvgIpc) is 3.32. The van der Waals surface area contributed by atoms with Gasteiger partial charge in [0.05, 0.1) is 5.69 Å². The number of rotatable bonds is 7. The molecule has 0 aliphatic heterocycles. The minimum absolute atomic E-state index is 0.176. The van der Waals surface area contributed by atoms with Crippen molar-refractivity contribution in [2.45, 2.75) is 33.2 Å². The monoisotopic (exact) mass is 382 g/mol. The summed E-state index contributed by atoms with van der Waals surface area (Å²) in [5.74, 6) is 0.427. The van der Waals surface area contributed by atoms with Gasteiger partial charge in [-0.3, -0.25) is 14.3 Å². The number of nitrogens with zero attached hydrogens (tertiary/aromatic N) is 4. The zero-order chi connectivity index (χ0) is 20.1. The number of aryl methyl sites for hydroxylation is 3. The maximum atomic E-state index is 12.1. The van der Waals surface area contributed by atoms with E-state index in [4.69, 9.17) is 4.42 Å². The van der Waals surface area contributed by atoms with Crippen LogP contribution < -0.4 is 10.6 Å². The summed E-state index contributed by atoms with van der Waals surface area (Å²) < 4.78 is 7.47. The van der Waals surface area contributed by atoms with Crippen molar-refractivity contribution in [1.82, 2.24) is 25.3 Å². The van der Waals surface area contributed by atoms with Crippen LogP contribution in [0.4, 0.5) is 5.69 Å². The molecule has 2 aromatic heterocycles. The summed E-state index contributed by atoms with van der Waals surface area (Å²) in [5, 5.41) is 17.8. The summed E-state index contributed by atoms with van der Waals surface area (Å²) in [6.45, 7) is 4.58. The average molecular weight is 382 g/mol. The van der Waals surface area contributed by atoms with Crippen molar-refractivity contribution in [2.75, 3.05) is 12.4 Å². The number of nitrogens with one attached hydrogen (secondary N) is 2. The van der Waals surface area contributed by atoms with Crippen LogP contribution in [0.5, 0.6) is 0 Å². The van der Waals surface area contributed by atoms with E-state index in [9.17, 15) is 9.59 Å². The van der Waals surface area contributed by atoms with Crippen LogP contribution in [0.3, 0.4) is 0 Å². The van der Waals surface area contributed by atoms with Gasteiger partial charge < -0.3 is 15.1 Å². The Kier molecular flexibility index (Phi) is 5.83. The van der Waals surface area contributed by atoms with Gasteiger partial charge in [0.15, 0.2) is 0 Å². The molecular formula is C19H22N6O3. The molecule has 0 spiro atoms. The second kappa shape index (κ2) is 8.47. The van der Waals surface area contributed by atoms with Gasteiger partial charge in [0, 0.05) is 37.7 Å². The molecule has 0 saturated carbocycles. The SMILES string of the molecule is CCn1nc(C)cc1-c1nnc(CCC(=O)Nc2ccc(C(=O)NC)cc2)o1. The second-order valence-corrected chi connectivity index (χ2v) is 6.19. The van der Waals surface area contributed by atoms with Gasteiger partial charge in [0.1, 0.15) is 5.69 Å². The predicted octanol–water partition coefficient (Wildman–Crippen LogP) is 2.19. The highest BCUT2D eigenvalue weighted by Crippen LogP contribution is 2.20. The molecule has 9 heteroatoms. The largest absolute Gasteiger partial charge is 0.419 e. The van der Waals surface area contributed by atoms with Crippen LogP contribution in [0.25, 0.3) is 11.6 Å². The van der Waals surface area contributed by atoms with Gasteiger partial charge >= 0.3 is 0 Å². The molecule has 0 atom stereocenters. The Bertz CT molecular complexity index is 974. The number of hydrogen-bond donors (Lipinski definition) is 2. The standard InChI is InChI=1S/C19H22N6O3/c1-4-25-15(11-12(2)24-25)19-23-22-17(28-19)10-9-16(26)21-14-7-5-13(6-8-14)18(27)20-3/h5-8,11H,4,9-10H2,1-3H3,(H,20,27)(H,21,26). The van der Waals surface area contributed by atoms with Crippen LogP contribution in [0.1, 0.15) is 35.3 Å². The third-order valence-corrected chi connectivity index (χ3v) is 4.11. The van der Waals surface area contributed by atoms with Crippen LogP contribution >= 0.6 is 0 Å². The highest BCUT2D eigenvalue weighted by atomic mass is 16.4. The number of carbonyl (C=O) groups is 2. The summed E-state index contributed by atoms with van der Waals surface area (Å²) in [6.07, 6.45) is 0.527. The number of amides is 2. The molecule has 3 aromatic rings. The molecule has 0 unspecified atom stereocenters. The zero-order valence-corrected chi connectivity index (χ0v) is 16.0. The number of benzene rings is 1. The van der Waals surface area contributed by atoms with Crippen molar-refractivity contribution in [3.63, 3.8) is 0 Å². The fraction of sp³-hybridized carbons (Fsp3) is 0.316. The first-order chi connectivity index (χ1) is 13.5. The molecule has 0 radical (unpaired) electrons. The predicted molar refractivity (Wildman–Crippen MR) is 103 cm³/mol. The van der Waals surface area contributed by atoms with E-state index in [-0.39, 0.29) is 18.2 Å². The molecule has 0 fully saturated rings. The first-order valence-electron chi connectivity index (χ1n) is 8.99. The minimum atomic E-state index is -0.179. The number of hydrogen-bond acceptors (Lipinski definition) is 6. The molecule has 3 rings (SSSR count). The van der Waals surface area contributed by atoms with Crippen molar-refractivity contribution in [1.29, 1.82) is 0 Å². The Morgan fingerprint density at radius 2 is 1.93 bits per heavy atom. The van der Waals surface area contributed by atoms with Crippen LogP contribution in [0.2, 0.25) is 0 Å². The van der Waals surface area contributed by atoms with Gasteiger partial charge in [-0.2, -0.15) is 5.10 Å². The molecule has 146 valence electrons. The summed E-state index contributed by atoms with van der Waals surface area (Å²) in [5.41, 5.74) is 2.78. The highest BCUT2D eigenvalue weighted by Gasteiger charge is 2.15. The summed E-state index contributed by atoms with van der Waals surface area (Å²) in [6, 6.07) is 8.55. The van der Waals surface area contributed by atoms with Crippen molar-refractivity contribution < 1.29 is 14.0 Å². The Morgan fingerprint density at radius 1 is 1.18 bits per heavy atom. The molecule has 0 bridgehead atoms. The van der Waals surface area contributed by atoms with Crippen LogP contribution in [-0.2, 0) is 17.8 Å². The minimum Gasteiger partial charge on any atom is -0.419 e. The van der Waals surface area contributed by atoms with Crippen LogP contribution in [-0.4, -0.2) is 38.8 Å². The smallest absolute Gasteiger partial charge is 0.265 e. The first-order valence-corrected chi connectivity index (χ1v) is 8.99. The van der Waals surface area contributed by atoms with Crippen molar-refractivity contribution in [3.05, 3.63) is 47.5 Å². The quantitative estimate of drug-likeness (QED) is 0.647. The summed E-state index contributed by atoms with van der Waals surface area (Å²) >= 11 is 0. The lowest BCUT2D eigenvalue weighted by molar-refractivity contribution is -0.116. The first kappa shape index (κ1) is 19.3. The lowest BCUT2D eigenvalue weighted by Crippen LogP contribution is -2.18. The molecule has 1 aromatic carbocycles. The normalized spacial score (nSPS) is 10.7. The van der Waals surface area contributed by atoms with E-state index in [2.05, 4.69) is 25.9 Å². The van der Waals surface area contributed by atoms with Crippen LogP contribution in [0, 0.1) is 6.92 Å². The van der Waals surface area contributed by atoms with Crippen molar-refractivity contribution in [3.8, 4) is 11.6 Å². The molecule has 9 nitrogen and oxygen atoms in total. The highest BCUT2D eigenvalue weighted by molar-refractivity contribution is 5.95. The maximum Gasteiger partial charge on any atom is 0.265 e. The molecule has 2 N–H and O–H groups in total. The van der Waals surface area contributed by atoms with Gasteiger partial charge in [-0.1, -0.05) is 0 Å². The maximum absolute atomic E-state index is 12.1. The van der Waals surface area contributed by atoms with Crippen LogP contribution in [0.15, 0.2) is 34.7 Å². The van der Waals surface area contributed by atoms with Gasteiger partial charge in [0.25, 0.3) is 11.8 Å². The Hall–Kier alpha value is -3.49. The molecule has 28 heavy (non-hydrogen) atoms. The zero-order valence-electron chi connectivity index (χ0n) is 16.0. The Morgan fingerprint density at radius 3 is 2.61 bits per heavy atom. The third-order valence-electron chi connectivity index (χ3n) is 4.11. The molecule has 0 aliphatic carbocycles. The topological polar surface area (TPSA) is 115 Å². The van der Waals surface area contributed by atoms with E-state index >= 15 is 0 Å². The van der Waals surface area contributed by atoms with E-state index in [1.54, 1.807) is 36.0 Å². The molecule has 2 amide bonds. The van der Waals surface area contributed by atoms with E-state index in [0.717, 1.165) is 11.4 Å². The van der Waals surface area contributed by atoms with E-state index < -0.39 is 0 Å². The summed E-state index contributed by atoms with van der Waals surface area (Å²) in [7, 11) is 1.57. The van der Waals surface area contributed by atoms with Gasteiger partial charge in [-0.25, -0.2) is 0 Å². The number of anilines is 1. The molecule has 0 saturated heterocycles. The molecule has 0 aliphatic rings. The fourth-order valence-electron chi connectivity index (χ4n) is 2.71. The second-order valence-electron chi connectivity index (χ2n) is 6.19. The number of carbonyl (C=O) groups excluding carboxylic acids is 2. The Labute approximate surface area is 162 Å². The lowest BCUT2D eigenvalue weighted by atomic mass is 10.2. The summed E-state index contributed by atoms with van der Waals surface area (Å²) in [4.78, 5) is 23.7. The van der Waals surface area contributed by atoms with Crippen molar-refractivity contribution in [2.24, 2.45) is 0 Å². The molecular weight excluding hydrogens is 360 g/mol. The van der Waals surface area contributed by atoms with E-state index in [1.165, 1.54) is 0 Å². The van der Waals surface area contributed by atoms with E-state index in [0.29, 0.717) is 36.0 Å². The van der Waals surface area contributed by atoms with Gasteiger partial charge in [0.2, 0.25) is 11.8 Å². The fourth-order valence-corrected chi connectivity index (χ4v) is 2.71. The Balaban J connectivity index is 1.56. The van der Waals surface area contributed by atoms with Gasteiger partial charge in [-0.15, -0.1) is 10.2 Å². The number of aromatic nitrogens is 4. The lowest BCUT2D eigenvalue weighted by Gasteiger charge is -2.05. The third kappa shape index (κ3) is 4.43.